The molecule has 1 N–H and O–H groups in total. The van der Waals surface area contributed by atoms with Crippen molar-refractivity contribution in [3.05, 3.63) is 34.9 Å². The number of aliphatic hydroxyl groups is 1. The van der Waals surface area contributed by atoms with E-state index in [2.05, 4.69) is 52.8 Å². The van der Waals surface area contributed by atoms with Crippen LogP contribution in [0.25, 0.3) is 0 Å². The van der Waals surface area contributed by atoms with Crippen LogP contribution in [0.15, 0.2) is 18.2 Å². The molecule has 1 aliphatic rings. The lowest BCUT2D eigenvalue weighted by atomic mass is 9.63. The highest BCUT2D eigenvalue weighted by Gasteiger charge is 2.44. The Hall–Kier alpha value is -0.820. The van der Waals surface area contributed by atoms with Crippen LogP contribution in [0.2, 0.25) is 0 Å². The van der Waals surface area contributed by atoms with Gasteiger partial charge in [-0.15, -0.1) is 0 Å². The number of benzene rings is 1. The summed E-state index contributed by atoms with van der Waals surface area (Å²) in [4.78, 5) is 0. The normalized spacial score (nSPS) is 31.7. The number of hydrogen-bond acceptors (Lipinski definition) is 1. The van der Waals surface area contributed by atoms with Gasteiger partial charge >= 0.3 is 0 Å². The zero-order valence-corrected chi connectivity index (χ0v) is 13.0. The van der Waals surface area contributed by atoms with E-state index in [4.69, 9.17) is 0 Å². The van der Waals surface area contributed by atoms with E-state index < -0.39 is 5.60 Å². The summed E-state index contributed by atoms with van der Waals surface area (Å²) in [5.74, 6) is 1.52. The van der Waals surface area contributed by atoms with E-state index in [1.54, 1.807) is 0 Å². The van der Waals surface area contributed by atoms with E-state index in [1.807, 2.05) is 0 Å². The van der Waals surface area contributed by atoms with Gasteiger partial charge in [0.1, 0.15) is 0 Å². The fourth-order valence-electron chi connectivity index (χ4n) is 3.88. The van der Waals surface area contributed by atoms with Crippen LogP contribution in [0.3, 0.4) is 0 Å². The zero-order valence-electron chi connectivity index (χ0n) is 13.0. The van der Waals surface area contributed by atoms with E-state index >= 15 is 0 Å². The van der Waals surface area contributed by atoms with Gasteiger partial charge in [0, 0.05) is 0 Å². The Bertz CT molecular complexity index is 449. The van der Waals surface area contributed by atoms with Gasteiger partial charge < -0.3 is 5.11 Å². The molecule has 0 aromatic heterocycles. The first-order valence-electron chi connectivity index (χ1n) is 7.64. The van der Waals surface area contributed by atoms with Crippen LogP contribution in [0.1, 0.15) is 56.7 Å². The maximum absolute atomic E-state index is 11.4. The number of aryl methyl sites for hydroxylation is 2. The van der Waals surface area contributed by atoms with E-state index in [0.29, 0.717) is 17.8 Å². The van der Waals surface area contributed by atoms with Gasteiger partial charge in [-0.1, -0.05) is 51.0 Å². The van der Waals surface area contributed by atoms with Crippen molar-refractivity contribution in [2.75, 3.05) is 0 Å². The largest absolute Gasteiger partial charge is 0.385 e. The summed E-state index contributed by atoms with van der Waals surface area (Å²) >= 11 is 0. The molecule has 1 nitrogen and oxygen atoms in total. The molecule has 1 aliphatic carbocycles. The van der Waals surface area contributed by atoms with Crippen LogP contribution < -0.4 is 0 Å². The van der Waals surface area contributed by atoms with Crippen LogP contribution in [0, 0.1) is 31.6 Å². The molecule has 0 saturated heterocycles. The monoisotopic (exact) mass is 260 g/mol. The molecular weight excluding hydrogens is 232 g/mol. The van der Waals surface area contributed by atoms with Crippen molar-refractivity contribution < 1.29 is 5.11 Å². The predicted molar refractivity (Wildman–Crippen MR) is 81.2 cm³/mol. The molecule has 3 atom stereocenters. The molecule has 0 radical (unpaired) electrons. The topological polar surface area (TPSA) is 20.2 Å². The molecule has 1 aromatic rings. The Kier molecular flexibility index (Phi) is 4.06. The van der Waals surface area contributed by atoms with Crippen LogP contribution in [-0.4, -0.2) is 5.11 Å². The maximum Gasteiger partial charge on any atom is 0.0932 e. The minimum absolute atomic E-state index is 0.379. The van der Waals surface area contributed by atoms with Crippen LogP contribution in [0.5, 0.6) is 0 Å². The minimum atomic E-state index is -0.637. The molecule has 0 aliphatic heterocycles. The fourth-order valence-corrected chi connectivity index (χ4v) is 3.88. The molecule has 3 unspecified atom stereocenters. The first-order valence-corrected chi connectivity index (χ1v) is 7.64. The van der Waals surface area contributed by atoms with Gasteiger partial charge in [-0.2, -0.15) is 0 Å². The molecular formula is C18H28O. The quantitative estimate of drug-likeness (QED) is 0.825. The van der Waals surface area contributed by atoms with Crippen molar-refractivity contribution in [2.45, 2.75) is 59.5 Å². The SMILES string of the molecule is Cc1ccc(C)c(C2(O)CC(C)CCC2C(C)C)c1. The van der Waals surface area contributed by atoms with Gasteiger partial charge in [-0.3, -0.25) is 0 Å². The Labute approximate surface area is 118 Å². The molecule has 0 bridgehead atoms. The van der Waals surface area contributed by atoms with Crippen molar-refractivity contribution in [1.82, 2.24) is 0 Å². The average molecular weight is 260 g/mol. The van der Waals surface area contributed by atoms with Crippen LogP contribution in [-0.2, 0) is 5.60 Å². The fraction of sp³-hybridized carbons (Fsp3) is 0.667. The molecule has 0 amide bonds. The van der Waals surface area contributed by atoms with Gasteiger partial charge in [0.2, 0.25) is 0 Å². The summed E-state index contributed by atoms with van der Waals surface area (Å²) in [7, 11) is 0. The van der Waals surface area contributed by atoms with Gasteiger partial charge in [0.15, 0.2) is 0 Å². The van der Waals surface area contributed by atoms with Crippen molar-refractivity contribution in [3.63, 3.8) is 0 Å². The van der Waals surface area contributed by atoms with Crippen molar-refractivity contribution in [3.8, 4) is 0 Å². The highest BCUT2D eigenvalue weighted by Crippen LogP contribution is 2.48. The zero-order chi connectivity index (χ0) is 14.2. The van der Waals surface area contributed by atoms with Gasteiger partial charge in [-0.05, 0) is 55.6 Å². The molecule has 0 spiro atoms. The Balaban J connectivity index is 2.49. The van der Waals surface area contributed by atoms with Gasteiger partial charge in [0.25, 0.3) is 0 Å². The number of hydrogen-bond donors (Lipinski definition) is 1. The second-order valence-electron chi connectivity index (χ2n) is 6.98. The lowest BCUT2D eigenvalue weighted by molar-refractivity contribution is -0.0870. The van der Waals surface area contributed by atoms with Gasteiger partial charge in [0.05, 0.1) is 5.60 Å². The third kappa shape index (κ3) is 2.72. The van der Waals surface area contributed by atoms with E-state index in [9.17, 15) is 5.11 Å². The second kappa shape index (κ2) is 5.28. The third-order valence-electron chi connectivity index (χ3n) is 4.91. The Morgan fingerprint density at radius 1 is 1.21 bits per heavy atom. The molecule has 1 saturated carbocycles. The smallest absolute Gasteiger partial charge is 0.0932 e. The van der Waals surface area contributed by atoms with Crippen molar-refractivity contribution in [1.29, 1.82) is 0 Å². The predicted octanol–water partition coefficient (Wildman–Crippen LogP) is 4.58. The van der Waals surface area contributed by atoms with Crippen LogP contribution >= 0.6 is 0 Å². The highest BCUT2D eigenvalue weighted by molar-refractivity contribution is 5.36. The highest BCUT2D eigenvalue weighted by atomic mass is 16.3. The molecule has 2 rings (SSSR count). The summed E-state index contributed by atoms with van der Waals surface area (Å²) in [5, 5.41) is 11.4. The molecule has 1 fully saturated rings. The summed E-state index contributed by atoms with van der Waals surface area (Å²) in [5.41, 5.74) is 3.00. The summed E-state index contributed by atoms with van der Waals surface area (Å²) < 4.78 is 0. The first kappa shape index (κ1) is 14.6. The first-order chi connectivity index (χ1) is 8.84. The molecule has 1 aromatic carbocycles. The van der Waals surface area contributed by atoms with Crippen molar-refractivity contribution >= 4 is 0 Å². The molecule has 0 heterocycles. The summed E-state index contributed by atoms with van der Waals surface area (Å²) in [6.07, 6.45) is 3.29. The molecule has 1 heteroatoms. The van der Waals surface area contributed by atoms with E-state index in [1.165, 1.54) is 17.5 Å². The molecule has 19 heavy (non-hydrogen) atoms. The standard InChI is InChI=1S/C18H28O/c1-12(2)16-9-7-14(4)11-18(16,19)17-10-13(3)6-8-15(17)5/h6,8,10,12,14,16,19H,7,9,11H2,1-5H3. The van der Waals surface area contributed by atoms with E-state index in [-0.39, 0.29) is 0 Å². The van der Waals surface area contributed by atoms with E-state index in [0.717, 1.165) is 18.4 Å². The average Bonchev–Trinajstić information content (AvgIpc) is 2.31. The lowest BCUT2D eigenvalue weighted by Crippen LogP contribution is -2.43. The third-order valence-corrected chi connectivity index (χ3v) is 4.91. The minimum Gasteiger partial charge on any atom is -0.385 e. The van der Waals surface area contributed by atoms with Gasteiger partial charge in [-0.25, -0.2) is 0 Å². The second-order valence-corrected chi connectivity index (χ2v) is 6.98. The maximum atomic E-state index is 11.4. The Morgan fingerprint density at radius 3 is 2.53 bits per heavy atom. The lowest BCUT2D eigenvalue weighted by Gasteiger charge is -2.45. The van der Waals surface area contributed by atoms with Crippen molar-refractivity contribution in [2.24, 2.45) is 17.8 Å². The number of rotatable bonds is 2. The molecule has 106 valence electrons. The summed E-state index contributed by atoms with van der Waals surface area (Å²) in [6.45, 7) is 11.0. The van der Waals surface area contributed by atoms with Crippen LogP contribution in [0.4, 0.5) is 0 Å². The summed E-state index contributed by atoms with van der Waals surface area (Å²) in [6, 6.07) is 6.49. The Morgan fingerprint density at radius 2 is 1.89 bits per heavy atom.